The second-order valence-electron chi connectivity index (χ2n) is 6.42. The molecule has 0 bridgehead atoms. The molecular formula is C20H15ClN4O6S. The van der Waals surface area contributed by atoms with Gasteiger partial charge < -0.3 is 5.11 Å². The number of anilines is 1. The van der Waals surface area contributed by atoms with Crippen molar-refractivity contribution in [2.75, 3.05) is 5.43 Å². The van der Waals surface area contributed by atoms with Gasteiger partial charge in [0, 0.05) is 17.2 Å². The average Bonchev–Trinajstić information content (AvgIpc) is 2.74. The Morgan fingerprint density at radius 1 is 1.06 bits per heavy atom. The summed E-state index contributed by atoms with van der Waals surface area (Å²) >= 11 is 5.90. The number of hydrogen-bond donors (Lipinski definition) is 3. The molecule has 164 valence electrons. The van der Waals surface area contributed by atoms with E-state index in [0.717, 1.165) is 0 Å². The summed E-state index contributed by atoms with van der Waals surface area (Å²) in [6.07, 6.45) is 0. The molecule has 0 fully saturated rings. The number of aromatic carboxylic acids is 1. The number of carbonyl (C=O) groups is 1. The molecule has 12 heteroatoms. The highest BCUT2D eigenvalue weighted by atomic mass is 35.5. The predicted octanol–water partition coefficient (Wildman–Crippen LogP) is 3.46. The number of nitrogens with zero attached hydrogens (tertiary/aromatic N) is 2. The molecule has 10 nitrogen and oxygen atoms in total. The van der Waals surface area contributed by atoms with Crippen molar-refractivity contribution in [2.24, 2.45) is 10.2 Å². The standard InChI is InChI=1S/C20H15ClN4O6S/c21-17-10-5-12(11-18(17)25(28)29)19(15-3-1-2-4-16(15)20(26)27)24-23-13-6-8-14(9-7-13)32(22,30)31/h1-11,23H,(H,26,27)(H2,22,30,31)/b24-19+. The van der Waals surface area contributed by atoms with Crippen molar-refractivity contribution in [3.05, 3.63) is 98.6 Å². The number of carboxylic acids is 1. The van der Waals surface area contributed by atoms with Crippen molar-refractivity contribution in [3.8, 4) is 0 Å². The maximum absolute atomic E-state index is 11.7. The fourth-order valence-corrected chi connectivity index (χ4v) is 3.50. The van der Waals surface area contributed by atoms with Crippen LogP contribution in [0.3, 0.4) is 0 Å². The van der Waals surface area contributed by atoms with Crippen molar-refractivity contribution in [2.45, 2.75) is 4.90 Å². The molecule has 0 aliphatic carbocycles. The number of sulfonamides is 1. The first-order valence-electron chi connectivity index (χ1n) is 8.81. The molecule has 0 unspecified atom stereocenters. The van der Waals surface area contributed by atoms with E-state index in [9.17, 15) is 28.4 Å². The van der Waals surface area contributed by atoms with E-state index in [-0.39, 0.29) is 38.0 Å². The number of benzene rings is 3. The van der Waals surface area contributed by atoms with Crippen LogP contribution in [0.15, 0.2) is 76.7 Å². The van der Waals surface area contributed by atoms with Crippen LogP contribution in [0.2, 0.25) is 5.02 Å². The number of hydrazone groups is 1. The normalized spacial score (nSPS) is 11.8. The van der Waals surface area contributed by atoms with Crippen LogP contribution in [0.1, 0.15) is 21.5 Å². The summed E-state index contributed by atoms with van der Waals surface area (Å²) in [6.45, 7) is 0. The molecule has 0 aliphatic rings. The van der Waals surface area contributed by atoms with E-state index in [0.29, 0.717) is 5.69 Å². The van der Waals surface area contributed by atoms with Crippen LogP contribution in [-0.4, -0.2) is 30.1 Å². The third-order valence-corrected chi connectivity index (χ3v) is 5.56. The molecule has 0 radical (unpaired) electrons. The van der Waals surface area contributed by atoms with Crippen molar-refractivity contribution >= 4 is 44.7 Å². The number of hydrogen-bond acceptors (Lipinski definition) is 7. The fourth-order valence-electron chi connectivity index (χ4n) is 2.80. The molecule has 0 heterocycles. The summed E-state index contributed by atoms with van der Waals surface area (Å²) in [5, 5.41) is 30.1. The molecule has 0 atom stereocenters. The molecule has 0 spiro atoms. The lowest BCUT2D eigenvalue weighted by molar-refractivity contribution is -0.384. The first kappa shape index (κ1) is 22.9. The summed E-state index contributed by atoms with van der Waals surface area (Å²) in [6, 6.07) is 15.3. The Morgan fingerprint density at radius 2 is 1.69 bits per heavy atom. The van der Waals surface area contributed by atoms with E-state index in [1.54, 1.807) is 6.07 Å². The first-order chi connectivity index (χ1) is 15.1. The highest BCUT2D eigenvalue weighted by molar-refractivity contribution is 7.89. The molecule has 3 aromatic carbocycles. The zero-order valence-corrected chi connectivity index (χ0v) is 17.7. The average molecular weight is 475 g/mol. The summed E-state index contributed by atoms with van der Waals surface area (Å²) in [7, 11) is -3.87. The number of rotatable bonds is 7. The van der Waals surface area contributed by atoms with Gasteiger partial charge in [-0.25, -0.2) is 18.4 Å². The topological polar surface area (TPSA) is 165 Å². The van der Waals surface area contributed by atoms with Crippen molar-refractivity contribution < 1.29 is 23.2 Å². The van der Waals surface area contributed by atoms with Crippen LogP contribution < -0.4 is 10.6 Å². The lowest BCUT2D eigenvalue weighted by Crippen LogP contribution is -2.13. The Kier molecular flexibility index (Phi) is 6.53. The maximum atomic E-state index is 11.7. The van der Waals surface area contributed by atoms with Crippen molar-refractivity contribution in [3.63, 3.8) is 0 Å². The quantitative estimate of drug-likeness (QED) is 0.268. The number of carboxylic acid groups (broad SMARTS) is 1. The Labute approximate surface area is 187 Å². The third-order valence-electron chi connectivity index (χ3n) is 4.31. The summed E-state index contributed by atoms with van der Waals surface area (Å²) < 4.78 is 22.8. The maximum Gasteiger partial charge on any atom is 0.336 e. The second-order valence-corrected chi connectivity index (χ2v) is 8.38. The molecule has 0 saturated carbocycles. The Bertz CT molecular complexity index is 1340. The van der Waals surface area contributed by atoms with Crippen LogP contribution in [0.5, 0.6) is 0 Å². The van der Waals surface area contributed by atoms with Gasteiger partial charge in [-0.2, -0.15) is 5.10 Å². The van der Waals surface area contributed by atoms with Gasteiger partial charge in [0.15, 0.2) is 0 Å². The Balaban J connectivity index is 2.12. The van der Waals surface area contributed by atoms with Gasteiger partial charge in [0.25, 0.3) is 5.69 Å². The van der Waals surface area contributed by atoms with Gasteiger partial charge in [0.05, 0.1) is 26.8 Å². The summed E-state index contributed by atoms with van der Waals surface area (Å²) in [4.78, 5) is 22.3. The minimum atomic E-state index is -3.87. The van der Waals surface area contributed by atoms with Gasteiger partial charge in [0.2, 0.25) is 10.0 Å². The van der Waals surface area contributed by atoms with Crippen LogP contribution >= 0.6 is 11.6 Å². The van der Waals surface area contributed by atoms with E-state index in [1.165, 1.54) is 60.7 Å². The van der Waals surface area contributed by atoms with Gasteiger partial charge >= 0.3 is 5.97 Å². The zero-order valence-electron chi connectivity index (χ0n) is 16.1. The molecular weight excluding hydrogens is 460 g/mol. The lowest BCUT2D eigenvalue weighted by atomic mass is 9.97. The Hall–Kier alpha value is -3.80. The monoisotopic (exact) mass is 474 g/mol. The summed E-state index contributed by atoms with van der Waals surface area (Å²) in [5.41, 5.74) is 3.16. The SMILES string of the molecule is NS(=O)(=O)c1ccc(N/N=C(\c2ccc(Cl)c([N+](=O)[O-])c2)c2ccccc2C(=O)O)cc1. The Morgan fingerprint density at radius 3 is 2.25 bits per heavy atom. The van der Waals surface area contributed by atoms with Gasteiger partial charge in [0.1, 0.15) is 5.02 Å². The predicted molar refractivity (Wildman–Crippen MR) is 119 cm³/mol. The fraction of sp³-hybridized carbons (Fsp3) is 0. The number of nitrogens with two attached hydrogens (primary N) is 1. The molecule has 3 rings (SSSR count). The highest BCUT2D eigenvalue weighted by Gasteiger charge is 2.20. The molecule has 0 aliphatic heterocycles. The summed E-state index contributed by atoms with van der Waals surface area (Å²) in [5.74, 6) is -1.21. The third kappa shape index (κ3) is 5.09. The number of primary sulfonamides is 1. The molecule has 0 amide bonds. The number of nitro benzene ring substituents is 1. The lowest BCUT2D eigenvalue weighted by Gasteiger charge is -2.12. The number of halogens is 1. The van der Waals surface area contributed by atoms with Gasteiger partial charge in [-0.15, -0.1) is 0 Å². The van der Waals surface area contributed by atoms with E-state index < -0.39 is 20.9 Å². The van der Waals surface area contributed by atoms with E-state index in [4.69, 9.17) is 16.7 Å². The van der Waals surface area contributed by atoms with E-state index in [1.807, 2.05) is 0 Å². The smallest absolute Gasteiger partial charge is 0.336 e. The minimum absolute atomic E-state index is 0.0739. The molecule has 32 heavy (non-hydrogen) atoms. The highest BCUT2D eigenvalue weighted by Crippen LogP contribution is 2.27. The number of nitro groups is 1. The van der Waals surface area contributed by atoms with Crippen LogP contribution in [0, 0.1) is 10.1 Å². The minimum Gasteiger partial charge on any atom is -0.478 e. The van der Waals surface area contributed by atoms with Crippen molar-refractivity contribution in [1.82, 2.24) is 0 Å². The second kappa shape index (κ2) is 9.14. The van der Waals surface area contributed by atoms with Crippen LogP contribution in [0.25, 0.3) is 0 Å². The van der Waals surface area contributed by atoms with Gasteiger partial charge in [-0.1, -0.05) is 35.9 Å². The van der Waals surface area contributed by atoms with Crippen molar-refractivity contribution in [1.29, 1.82) is 0 Å². The van der Waals surface area contributed by atoms with Crippen LogP contribution in [0.4, 0.5) is 11.4 Å². The van der Waals surface area contributed by atoms with E-state index in [2.05, 4.69) is 10.5 Å². The molecule has 3 aromatic rings. The zero-order chi connectivity index (χ0) is 23.5. The van der Waals surface area contributed by atoms with Gasteiger partial charge in [-0.3, -0.25) is 15.5 Å². The first-order valence-corrected chi connectivity index (χ1v) is 10.7. The number of nitrogens with one attached hydrogen (secondary N) is 1. The molecule has 0 saturated heterocycles. The van der Waals surface area contributed by atoms with E-state index >= 15 is 0 Å². The van der Waals surface area contributed by atoms with Crippen LogP contribution in [-0.2, 0) is 10.0 Å². The van der Waals surface area contributed by atoms with Gasteiger partial charge in [-0.05, 0) is 36.4 Å². The molecule has 0 aromatic heterocycles. The molecule has 4 N–H and O–H groups in total. The largest absolute Gasteiger partial charge is 0.478 e.